The molecule has 0 aliphatic carbocycles. The van der Waals surface area contributed by atoms with E-state index in [-0.39, 0.29) is 31.1 Å². The molecule has 0 aliphatic heterocycles. The summed E-state index contributed by atoms with van der Waals surface area (Å²) in [7, 11) is 1.80. The standard InChI is InChI=1S/C27H26F3N3O3/c1-3-35-26(34)15-20-6-4-5-7-25(20)36-17-18-12-23(19-8-10-32-21(14-19)16-31-2)22-9-11-33(24(22)13-18)27(28,29)30/h4-14,31H,3,15-17H2,1-2H3. The van der Waals surface area contributed by atoms with Crippen LogP contribution in [0.3, 0.4) is 0 Å². The van der Waals surface area contributed by atoms with E-state index in [9.17, 15) is 18.0 Å². The summed E-state index contributed by atoms with van der Waals surface area (Å²) >= 11 is 0. The van der Waals surface area contributed by atoms with E-state index in [4.69, 9.17) is 9.47 Å². The van der Waals surface area contributed by atoms with Crippen molar-refractivity contribution >= 4 is 16.9 Å². The van der Waals surface area contributed by atoms with Gasteiger partial charge in [0.15, 0.2) is 0 Å². The normalized spacial score (nSPS) is 11.6. The molecule has 0 amide bonds. The molecule has 2 aromatic heterocycles. The number of nitrogens with zero attached hydrogens (tertiary/aromatic N) is 2. The van der Waals surface area contributed by atoms with Crippen LogP contribution in [-0.2, 0) is 35.4 Å². The number of esters is 1. The summed E-state index contributed by atoms with van der Waals surface area (Å²) in [6, 6.07) is 15.5. The van der Waals surface area contributed by atoms with Crippen LogP contribution in [0.5, 0.6) is 5.75 Å². The lowest BCUT2D eigenvalue weighted by atomic mass is 9.99. The first-order valence-electron chi connectivity index (χ1n) is 11.5. The zero-order valence-electron chi connectivity index (χ0n) is 19.9. The molecule has 2 aromatic carbocycles. The van der Waals surface area contributed by atoms with Crippen LogP contribution in [0.4, 0.5) is 13.2 Å². The highest BCUT2D eigenvalue weighted by Gasteiger charge is 2.32. The molecule has 4 rings (SSSR count). The van der Waals surface area contributed by atoms with Gasteiger partial charge in [-0.1, -0.05) is 18.2 Å². The summed E-state index contributed by atoms with van der Waals surface area (Å²) in [5.41, 5.74) is 3.40. The Balaban J connectivity index is 1.72. The molecule has 0 aliphatic rings. The average molecular weight is 498 g/mol. The number of alkyl halides is 3. The van der Waals surface area contributed by atoms with Gasteiger partial charge in [-0.05, 0) is 67.1 Å². The minimum atomic E-state index is -4.57. The Hall–Kier alpha value is -3.85. The van der Waals surface area contributed by atoms with Crippen molar-refractivity contribution in [1.29, 1.82) is 0 Å². The highest BCUT2D eigenvalue weighted by molar-refractivity contribution is 5.96. The molecule has 188 valence electrons. The van der Waals surface area contributed by atoms with Gasteiger partial charge < -0.3 is 14.8 Å². The van der Waals surface area contributed by atoms with Crippen molar-refractivity contribution in [3.63, 3.8) is 0 Å². The number of fused-ring (bicyclic) bond motifs is 1. The Labute approximate surface area is 206 Å². The molecule has 0 fully saturated rings. The number of halogens is 3. The number of hydrogen-bond acceptors (Lipinski definition) is 5. The maximum Gasteiger partial charge on any atom is 0.488 e. The van der Waals surface area contributed by atoms with Crippen molar-refractivity contribution in [2.24, 2.45) is 0 Å². The topological polar surface area (TPSA) is 65.4 Å². The Morgan fingerprint density at radius 2 is 1.92 bits per heavy atom. The largest absolute Gasteiger partial charge is 0.489 e. The summed E-state index contributed by atoms with van der Waals surface area (Å²) in [5, 5.41) is 3.50. The van der Waals surface area contributed by atoms with E-state index in [0.29, 0.717) is 38.9 Å². The number of para-hydroxylation sites is 1. The summed E-state index contributed by atoms with van der Waals surface area (Å²) in [6.07, 6.45) is -1.86. The molecule has 0 saturated heterocycles. The molecule has 1 N–H and O–H groups in total. The van der Waals surface area contributed by atoms with E-state index in [2.05, 4.69) is 10.3 Å². The summed E-state index contributed by atoms with van der Waals surface area (Å²) < 4.78 is 52.5. The third-order valence-electron chi connectivity index (χ3n) is 5.63. The van der Waals surface area contributed by atoms with Crippen molar-refractivity contribution in [2.75, 3.05) is 13.7 Å². The van der Waals surface area contributed by atoms with Crippen molar-refractivity contribution in [3.8, 4) is 16.9 Å². The predicted octanol–water partition coefficient (Wildman–Crippen LogP) is 5.58. The summed E-state index contributed by atoms with van der Waals surface area (Å²) in [5.74, 6) is 0.0916. The van der Waals surface area contributed by atoms with Crippen LogP contribution in [0, 0.1) is 0 Å². The van der Waals surface area contributed by atoms with E-state index < -0.39 is 6.30 Å². The molecule has 0 bridgehead atoms. The molecule has 36 heavy (non-hydrogen) atoms. The van der Waals surface area contributed by atoms with E-state index >= 15 is 0 Å². The van der Waals surface area contributed by atoms with E-state index in [1.165, 1.54) is 12.1 Å². The fourth-order valence-corrected chi connectivity index (χ4v) is 4.09. The number of nitrogens with one attached hydrogen (secondary N) is 1. The number of carbonyl (C=O) groups excluding carboxylic acids is 1. The van der Waals surface area contributed by atoms with Crippen LogP contribution in [0.2, 0.25) is 0 Å². The first-order valence-corrected chi connectivity index (χ1v) is 11.5. The monoisotopic (exact) mass is 497 g/mol. The average Bonchev–Trinajstić information content (AvgIpc) is 3.28. The second-order valence-corrected chi connectivity index (χ2v) is 8.17. The van der Waals surface area contributed by atoms with Crippen LogP contribution in [-0.4, -0.2) is 29.2 Å². The molecular formula is C27H26F3N3O3. The van der Waals surface area contributed by atoms with E-state index in [1.807, 2.05) is 12.1 Å². The quantitative estimate of drug-likeness (QED) is 0.306. The molecular weight excluding hydrogens is 471 g/mol. The van der Waals surface area contributed by atoms with E-state index in [1.54, 1.807) is 50.5 Å². The fourth-order valence-electron chi connectivity index (χ4n) is 4.09. The van der Waals surface area contributed by atoms with Gasteiger partial charge in [-0.2, -0.15) is 0 Å². The second kappa shape index (κ2) is 10.8. The lowest BCUT2D eigenvalue weighted by molar-refractivity contribution is -0.200. The van der Waals surface area contributed by atoms with Gasteiger partial charge in [0.2, 0.25) is 0 Å². The highest BCUT2D eigenvalue weighted by atomic mass is 19.4. The van der Waals surface area contributed by atoms with Gasteiger partial charge >= 0.3 is 12.3 Å². The lowest BCUT2D eigenvalue weighted by Gasteiger charge is -2.15. The third kappa shape index (κ3) is 5.68. The fraction of sp³-hybridized carbons (Fsp3) is 0.259. The molecule has 0 saturated carbocycles. The van der Waals surface area contributed by atoms with Crippen molar-refractivity contribution in [1.82, 2.24) is 14.9 Å². The molecule has 2 heterocycles. The van der Waals surface area contributed by atoms with Crippen LogP contribution in [0.15, 0.2) is 67.0 Å². The molecule has 0 atom stereocenters. The smallest absolute Gasteiger partial charge is 0.488 e. The summed E-state index contributed by atoms with van der Waals surface area (Å²) in [4.78, 5) is 16.3. The Morgan fingerprint density at radius 3 is 2.67 bits per heavy atom. The molecule has 9 heteroatoms. The highest BCUT2D eigenvalue weighted by Crippen LogP contribution is 2.36. The number of ether oxygens (including phenoxy) is 2. The van der Waals surface area contributed by atoms with Gasteiger partial charge in [0.1, 0.15) is 12.4 Å². The van der Waals surface area contributed by atoms with Gasteiger partial charge in [0.25, 0.3) is 0 Å². The van der Waals surface area contributed by atoms with Crippen molar-refractivity contribution in [2.45, 2.75) is 32.8 Å². The second-order valence-electron chi connectivity index (χ2n) is 8.17. The number of benzene rings is 2. The number of pyridine rings is 1. The third-order valence-corrected chi connectivity index (χ3v) is 5.63. The van der Waals surface area contributed by atoms with Crippen molar-refractivity contribution < 1.29 is 27.4 Å². The first kappa shape index (κ1) is 25.2. The van der Waals surface area contributed by atoms with Crippen LogP contribution in [0.25, 0.3) is 22.0 Å². The van der Waals surface area contributed by atoms with E-state index in [0.717, 1.165) is 17.5 Å². The maximum absolute atomic E-state index is 13.7. The number of aromatic nitrogens is 2. The Morgan fingerprint density at radius 1 is 1.11 bits per heavy atom. The number of hydrogen-bond donors (Lipinski definition) is 1. The van der Waals surface area contributed by atoms with Gasteiger partial charge in [-0.15, -0.1) is 13.2 Å². The molecule has 4 aromatic rings. The number of rotatable bonds is 9. The van der Waals surface area contributed by atoms with Crippen LogP contribution >= 0.6 is 0 Å². The van der Waals surface area contributed by atoms with Gasteiger partial charge in [-0.25, -0.2) is 0 Å². The Bertz CT molecular complexity index is 1370. The molecule has 0 spiro atoms. The first-order chi connectivity index (χ1) is 17.3. The zero-order chi connectivity index (χ0) is 25.7. The summed E-state index contributed by atoms with van der Waals surface area (Å²) in [6.45, 7) is 2.55. The zero-order valence-corrected chi connectivity index (χ0v) is 19.9. The minimum Gasteiger partial charge on any atom is -0.489 e. The molecule has 0 unspecified atom stereocenters. The molecule has 6 nitrogen and oxygen atoms in total. The van der Waals surface area contributed by atoms with Gasteiger partial charge in [-0.3, -0.25) is 14.3 Å². The number of carbonyl (C=O) groups is 1. The maximum atomic E-state index is 13.7. The van der Waals surface area contributed by atoms with Gasteiger partial charge in [0.05, 0.1) is 24.2 Å². The SMILES string of the molecule is CCOC(=O)Cc1ccccc1OCc1cc(-c2ccnc(CNC)c2)c2ccn(C(F)(F)F)c2c1. The Kier molecular flexibility index (Phi) is 7.59. The van der Waals surface area contributed by atoms with Gasteiger partial charge in [0, 0.05) is 29.9 Å². The predicted molar refractivity (Wildman–Crippen MR) is 130 cm³/mol. The van der Waals surface area contributed by atoms with Crippen molar-refractivity contribution in [3.05, 3.63) is 83.8 Å². The van der Waals surface area contributed by atoms with Crippen LogP contribution < -0.4 is 10.1 Å². The van der Waals surface area contributed by atoms with Crippen LogP contribution in [0.1, 0.15) is 23.7 Å². The minimum absolute atomic E-state index is 0.0142. The lowest BCUT2D eigenvalue weighted by Crippen LogP contribution is -2.15. The molecule has 0 radical (unpaired) electrons.